The largest absolute Gasteiger partial charge is 0.493 e. The lowest BCUT2D eigenvalue weighted by Crippen LogP contribution is -2.62. The number of benzene rings is 3. The van der Waals surface area contributed by atoms with E-state index in [-0.39, 0.29) is 25.5 Å². The van der Waals surface area contributed by atoms with E-state index in [0.29, 0.717) is 35.6 Å². The number of hydrogen-bond donors (Lipinski definition) is 1. The molecule has 0 unspecified atom stereocenters. The number of nitrogens with zero attached hydrogens (tertiary/aromatic N) is 1. The maximum atomic E-state index is 14.0. The Labute approximate surface area is 233 Å². The predicted octanol–water partition coefficient (Wildman–Crippen LogP) is 4.18. The maximum Gasteiger partial charge on any atom is 0.407 e. The lowest BCUT2D eigenvalue weighted by Gasteiger charge is -2.54. The summed E-state index contributed by atoms with van der Waals surface area (Å²) in [6.07, 6.45) is 0.203. The molecule has 208 valence electrons. The Bertz CT molecular complexity index is 1420. The van der Waals surface area contributed by atoms with E-state index in [1.807, 2.05) is 48.5 Å². The van der Waals surface area contributed by atoms with Crippen molar-refractivity contribution in [1.82, 2.24) is 10.2 Å². The topological polar surface area (TPSA) is 103 Å². The molecule has 0 saturated carbocycles. The average Bonchev–Trinajstić information content (AvgIpc) is 2.99. The molecule has 0 spiro atoms. The summed E-state index contributed by atoms with van der Waals surface area (Å²) < 4.78 is 21.9. The second kappa shape index (κ2) is 11.3. The summed E-state index contributed by atoms with van der Waals surface area (Å²) in [7, 11) is 4.45. The molecule has 2 aliphatic rings. The van der Waals surface area contributed by atoms with Crippen LogP contribution in [0.25, 0.3) is 0 Å². The van der Waals surface area contributed by atoms with Crippen LogP contribution in [0.3, 0.4) is 0 Å². The number of esters is 1. The molecule has 0 aliphatic carbocycles. The molecule has 0 aromatic heterocycles. The van der Waals surface area contributed by atoms with E-state index in [2.05, 4.69) is 5.32 Å². The molecule has 0 radical (unpaired) electrons. The Morgan fingerprint density at radius 2 is 1.68 bits per heavy atom. The molecule has 0 saturated heterocycles. The first-order valence-electron chi connectivity index (χ1n) is 13.1. The van der Waals surface area contributed by atoms with Crippen molar-refractivity contribution in [3.63, 3.8) is 0 Å². The first-order chi connectivity index (χ1) is 19.4. The normalized spacial score (nSPS) is 19.0. The summed E-state index contributed by atoms with van der Waals surface area (Å²) in [6, 6.07) is 20.2. The fourth-order valence-electron chi connectivity index (χ4n) is 6.03. The van der Waals surface area contributed by atoms with Crippen molar-refractivity contribution < 1.29 is 33.3 Å². The SMILES string of the molecule is COC(=O)[C@H]1c2ccccc2C(=O)N2CCc3cc(OC)c(OC)cc3[C@@]12CCNC(=O)OCc1ccccc1. The maximum absolute atomic E-state index is 14.0. The zero-order valence-electron chi connectivity index (χ0n) is 22.8. The summed E-state index contributed by atoms with van der Waals surface area (Å²) in [6.45, 7) is 0.642. The van der Waals surface area contributed by atoms with Crippen molar-refractivity contribution in [1.29, 1.82) is 0 Å². The highest BCUT2D eigenvalue weighted by molar-refractivity contribution is 6.01. The van der Waals surface area contributed by atoms with Gasteiger partial charge in [0.1, 0.15) is 12.5 Å². The molecule has 5 rings (SSSR count). The number of alkyl carbamates (subject to hydrolysis) is 1. The second-order valence-electron chi connectivity index (χ2n) is 9.78. The van der Waals surface area contributed by atoms with Gasteiger partial charge in [0.25, 0.3) is 5.91 Å². The quantitative estimate of drug-likeness (QED) is 0.424. The molecule has 1 N–H and O–H groups in total. The smallest absolute Gasteiger partial charge is 0.407 e. The average molecular weight is 545 g/mol. The van der Waals surface area contributed by atoms with Gasteiger partial charge < -0.3 is 29.2 Å². The van der Waals surface area contributed by atoms with Crippen molar-refractivity contribution in [3.05, 3.63) is 94.5 Å². The molecule has 40 heavy (non-hydrogen) atoms. The Morgan fingerprint density at radius 1 is 0.975 bits per heavy atom. The molecule has 2 atom stereocenters. The number of nitrogens with one attached hydrogen (secondary N) is 1. The summed E-state index contributed by atoms with van der Waals surface area (Å²) in [4.78, 5) is 42.0. The van der Waals surface area contributed by atoms with Crippen LogP contribution in [0.1, 0.15) is 45.0 Å². The fourth-order valence-corrected chi connectivity index (χ4v) is 6.03. The molecular formula is C31H32N2O7. The number of carbonyl (C=O) groups excluding carboxylic acids is 3. The molecule has 9 nitrogen and oxygen atoms in total. The highest BCUT2D eigenvalue weighted by atomic mass is 16.5. The molecule has 2 amide bonds. The summed E-state index contributed by atoms with van der Waals surface area (Å²) in [5.74, 6) is -0.454. The van der Waals surface area contributed by atoms with Crippen LogP contribution < -0.4 is 14.8 Å². The Hall–Kier alpha value is -4.53. The minimum absolute atomic E-state index is 0.125. The van der Waals surface area contributed by atoms with E-state index in [4.69, 9.17) is 18.9 Å². The van der Waals surface area contributed by atoms with Gasteiger partial charge in [0.05, 0.1) is 26.9 Å². The lowest BCUT2D eigenvalue weighted by molar-refractivity contribution is -0.147. The van der Waals surface area contributed by atoms with Crippen LogP contribution in [0.15, 0.2) is 66.7 Å². The molecular weight excluding hydrogens is 512 g/mol. The van der Waals surface area contributed by atoms with Gasteiger partial charge >= 0.3 is 12.1 Å². The van der Waals surface area contributed by atoms with Crippen molar-refractivity contribution in [2.75, 3.05) is 34.4 Å². The zero-order valence-corrected chi connectivity index (χ0v) is 22.8. The standard InChI is InChI=1S/C31H32N2O7/c1-37-25-17-21-13-16-33-28(34)23-12-8-7-11-22(23)27(29(35)39-3)31(33,24(21)18-26(25)38-2)14-15-32-30(36)40-19-20-9-5-4-6-10-20/h4-12,17-18,27H,13-16,19H2,1-3H3,(H,32,36)/t27-,31+/m1/s1. The summed E-state index contributed by atoms with van der Waals surface area (Å²) >= 11 is 0. The predicted molar refractivity (Wildman–Crippen MR) is 146 cm³/mol. The molecule has 3 aromatic carbocycles. The third-order valence-corrected chi connectivity index (χ3v) is 7.81. The Balaban J connectivity index is 1.56. The van der Waals surface area contributed by atoms with E-state index in [1.54, 1.807) is 37.3 Å². The zero-order chi connectivity index (χ0) is 28.3. The van der Waals surface area contributed by atoms with Crippen LogP contribution >= 0.6 is 0 Å². The van der Waals surface area contributed by atoms with Crippen molar-refractivity contribution in [3.8, 4) is 11.5 Å². The number of amides is 2. The van der Waals surface area contributed by atoms with E-state index in [9.17, 15) is 14.4 Å². The van der Waals surface area contributed by atoms with Crippen LogP contribution in [0.4, 0.5) is 4.79 Å². The van der Waals surface area contributed by atoms with Gasteiger partial charge in [-0.1, -0.05) is 48.5 Å². The van der Waals surface area contributed by atoms with E-state index < -0.39 is 23.5 Å². The monoisotopic (exact) mass is 544 g/mol. The van der Waals surface area contributed by atoms with Gasteiger partial charge in [0.2, 0.25) is 0 Å². The Morgan fingerprint density at radius 3 is 2.40 bits per heavy atom. The molecule has 0 bridgehead atoms. The van der Waals surface area contributed by atoms with Gasteiger partial charge in [0.15, 0.2) is 11.5 Å². The van der Waals surface area contributed by atoms with E-state index in [0.717, 1.165) is 16.7 Å². The van der Waals surface area contributed by atoms with Gasteiger partial charge in [-0.05, 0) is 53.3 Å². The van der Waals surface area contributed by atoms with Crippen LogP contribution in [0.5, 0.6) is 11.5 Å². The van der Waals surface area contributed by atoms with Crippen LogP contribution in [-0.4, -0.2) is 57.3 Å². The fraction of sp³-hybridized carbons (Fsp3) is 0.323. The third kappa shape index (κ3) is 4.61. The minimum Gasteiger partial charge on any atom is -0.493 e. The first kappa shape index (κ1) is 27.1. The van der Waals surface area contributed by atoms with Gasteiger partial charge in [0, 0.05) is 18.7 Å². The van der Waals surface area contributed by atoms with Crippen molar-refractivity contribution in [2.24, 2.45) is 0 Å². The van der Waals surface area contributed by atoms with E-state index >= 15 is 0 Å². The van der Waals surface area contributed by atoms with Crippen molar-refractivity contribution >= 4 is 18.0 Å². The number of methoxy groups -OCH3 is 3. The van der Waals surface area contributed by atoms with Gasteiger partial charge in [-0.2, -0.15) is 0 Å². The second-order valence-corrected chi connectivity index (χ2v) is 9.78. The molecule has 2 heterocycles. The number of ether oxygens (including phenoxy) is 4. The van der Waals surface area contributed by atoms with Crippen molar-refractivity contribution in [2.45, 2.75) is 30.9 Å². The third-order valence-electron chi connectivity index (χ3n) is 7.81. The van der Waals surface area contributed by atoms with Crippen LogP contribution in [0, 0.1) is 0 Å². The van der Waals surface area contributed by atoms with Gasteiger partial charge in [-0.25, -0.2) is 4.79 Å². The highest BCUT2D eigenvalue weighted by Crippen LogP contribution is 2.54. The van der Waals surface area contributed by atoms with Gasteiger partial charge in [-0.3, -0.25) is 9.59 Å². The minimum atomic E-state index is -1.15. The molecule has 3 aromatic rings. The molecule has 2 aliphatic heterocycles. The number of fused-ring (bicyclic) bond motifs is 4. The number of rotatable bonds is 8. The van der Waals surface area contributed by atoms with Gasteiger partial charge in [-0.15, -0.1) is 0 Å². The summed E-state index contributed by atoms with van der Waals surface area (Å²) in [5, 5.41) is 2.82. The summed E-state index contributed by atoms with van der Waals surface area (Å²) in [5.41, 5.74) is 2.46. The van der Waals surface area contributed by atoms with Crippen LogP contribution in [-0.2, 0) is 32.8 Å². The first-order valence-corrected chi connectivity index (χ1v) is 13.1. The Kier molecular flexibility index (Phi) is 7.64. The van der Waals surface area contributed by atoms with Crippen LogP contribution in [0.2, 0.25) is 0 Å². The molecule has 9 heteroatoms. The number of carbonyl (C=O) groups is 3. The highest BCUT2D eigenvalue weighted by Gasteiger charge is 2.58. The van der Waals surface area contributed by atoms with E-state index in [1.165, 1.54) is 7.11 Å². The number of hydrogen-bond acceptors (Lipinski definition) is 7. The lowest BCUT2D eigenvalue weighted by atomic mass is 9.64. The molecule has 0 fully saturated rings.